The summed E-state index contributed by atoms with van der Waals surface area (Å²) in [6.07, 6.45) is 1.60. The van der Waals surface area contributed by atoms with Crippen molar-refractivity contribution in [2.24, 2.45) is 22.2 Å². The zero-order valence-corrected chi connectivity index (χ0v) is 15.0. The average Bonchev–Trinajstić information content (AvgIpc) is 2.75. The fourth-order valence-corrected chi connectivity index (χ4v) is 3.26. The van der Waals surface area contributed by atoms with Gasteiger partial charge in [0.05, 0.1) is 6.10 Å². The summed E-state index contributed by atoms with van der Waals surface area (Å²) in [7, 11) is 1.84. The Morgan fingerprint density at radius 2 is 2.11 bits per heavy atom. The SMILES string of the molecule is CN=C(NCC(C)C)NC1C2CCOC2C1(C)C.I. The topological polar surface area (TPSA) is 45.7 Å². The monoisotopic (exact) mass is 381 g/mol. The summed E-state index contributed by atoms with van der Waals surface area (Å²) in [5.74, 6) is 2.20. The van der Waals surface area contributed by atoms with Gasteiger partial charge in [-0.05, 0) is 12.3 Å². The largest absolute Gasteiger partial charge is 0.377 e. The van der Waals surface area contributed by atoms with Crippen LogP contribution in [0.15, 0.2) is 4.99 Å². The molecule has 1 saturated carbocycles. The molecule has 1 aliphatic heterocycles. The minimum Gasteiger partial charge on any atom is -0.377 e. The zero-order chi connectivity index (χ0) is 13.3. The number of guanidine groups is 1. The lowest BCUT2D eigenvalue weighted by molar-refractivity contribution is -0.106. The third kappa shape index (κ3) is 3.35. The third-order valence-corrected chi connectivity index (χ3v) is 4.29. The molecule has 0 aromatic carbocycles. The van der Waals surface area contributed by atoms with E-state index >= 15 is 0 Å². The Morgan fingerprint density at radius 1 is 1.42 bits per heavy atom. The van der Waals surface area contributed by atoms with Crippen LogP contribution in [0.5, 0.6) is 0 Å². The molecule has 19 heavy (non-hydrogen) atoms. The lowest BCUT2D eigenvalue weighted by Crippen LogP contribution is -2.68. The van der Waals surface area contributed by atoms with Crippen LogP contribution in [0.3, 0.4) is 0 Å². The van der Waals surface area contributed by atoms with Crippen molar-refractivity contribution in [2.75, 3.05) is 20.2 Å². The molecule has 0 amide bonds. The molecular weight excluding hydrogens is 353 g/mol. The molecule has 1 aliphatic carbocycles. The van der Waals surface area contributed by atoms with Crippen LogP contribution >= 0.6 is 24.0 Å². The van der Waals surface area contributed by atoms with Gasteiger partial charge < -0.3 is 15.4 Å². The van der Waals surface area contributed by atoms with Gasteiger partial charge in [-0.15, -0.1) is 24.0 Å². The fourth-order valence-electron chi connectivity index (χ4n) is 3.26. The highest BCUT2D eigenvalue weighted by atomic mass is 127. The Kier molecular flexibility index (Phi) is 5.92. The number of fused-ring (bicyclic) bond motifs is 1. The Labute approximate surface area is 134 Å². The first-order chi connectivity index (χ1) is 8.46. The lowest BCUT2D eigenvalue weighted by atomic mass is 9.57. The van der Waals surface area contributed by atoms with E-state index in [0.29, 0.717) is 24.0 Å². The summed E-state index contributed by atoms with van der Waals surface area (Å²) in [6, 6.07) is 0.475. The highest BCUT2D eigenvalue weighted by Crippen LogP contribution is 2.51. The number of aliphatic imine (C=N–C) groups is 1. The van der Waals surface area contributed by atoms with Crippen molar-refractivity contribution >= 4 is 29.9 Å². The van der Waals surface area contributed by atoms with Crippen molar-refractivity contribution in [3.05, 3.63) is 0 Å². The second-order valence-electron chi connectivity index (χ2n) is 6.53. The van der Waals surface area contributed by atoms with Gasteiger partial charge in [-0.1, -0.05) is 27.7 Å². The highest BCUT2D eigenvalue weighted by molar-refractivity contribution is 14.0. The van der Waals surface area contributed by atoms with Gasteiger partial charge in [-0.2, -0.15) is 0 Å². The van der Waals surface area contributed by atoms with Gasteiger partial charge in [-0.25, -0.2) is 0 Å². The van der Waals surface area contributed by atoms with E-state index in [0.717, 1.165) is 19.1 Å². The molecule has 5 heteroatoms. The summed E-state index contributed by atoms with van der Waals surface area (Å²) in [6.45, 7) is 10.8. The van der Waals surface area contributed by atoms with Crippen LogP contribution in [0.25, 0.3) is 0 Å². The molecule has 2 rings (SSSR count). The number of hydrogen-bond donors (Lipinski definition) is 2. The number of hydrogen-bond acceptors (Lipinski definition) is 2. The molecule has 4 nitrogen and oxygen atoms in total. The van der Waals surface area contributed by atoms with Crippen LogP contribution in [-0.4, -0.2) is 38.3 Å². The standard InChI is InChI=1S/C14H27N3O.HI/c1-9(2)8-16-13(15-5)17-11-10-6-7-18-12(10)14(11,3)4;/h9-12H,6-8H2,1-5H3,(H2,15,16,17);1H. The van der Waals surface area contributed by atoms with Crippen LogP contribution in [0, 0.1) is 17.3 Å². The maximum atomic E-state index is 5.81. The number of ether oxygens (including phenoxy) is 1. The quantitative estimate of drug-likeness (QED) is 0.448. The molecule has 3 atom stereocenters. The van der Waals surface area contributed by atoms with Gasteiger partial charge in [0.1, 0.15) is 0 Å². The summed E-state index contributed by atoms with van der Waals surface area (Å²) >= 11 is 0. The molecule has 0 spiro atoms. The molecular formula is C14H28IN3O. The Hall–Kier alpha value is -0.0400. The Bertz CT molecular complexity index is 331. The summed E-state index contributed by atoms with van der Waals surface area (Å²) in [4.78, 5) is 4.32. The number of nitrogens with one attached hydrogen (secondary N) is 2. The Balaban J connectivity index is 0.00000180. The predicted molar refractivity (Wildman–Crippen MR) is 90.2 cm³/mol. The van der Waals surface area contributed by atoms with Crippen molar-refractivity contribution in [3.8, 4) is 0 Å². The van der Waals surface area contributed by atoms with Crippen molar-refractivity contribution in [1.29, 1.82) is 0 Å². The first-order valence-electron chi connectivity index (χ1n) is 7.05. The van der Waals surface area contributed by atoms with Crippen LogP contribution in [0.4, 0.5) is 0 Å². The predicted octanol–water partition coefficient (Wildman–Crippen LogP) is 2.24. The first-order valence-corrected chi connectivity index (χ1v) is 7.05. The van der Waals surface area contributed by atoms with Crippen LogP contribution in [0.2, 0.25) is 0 Å². The summed E-state index contributed by atoms with van der Waals surface area (Å²) in [5.41, 5.74) is 0.205. The van der Waals surface area contributed by atoms with Gasteiger partial charge in [0, 0.05) is 37.6 Å². The average molecular weight is 381 g/mol. The van der Waals surface area contributed by atoms with Crippen molar-refractivity contribution in [2.45, 2.75) is 46.3 Å². The number of rotatable bonds is 3. The molecule has 0 aromatic heterocycles. The highest BCUT2D eigenvalue weighted by Gasteiger charge is 2.59. The lowest BCUT2D eigenvalue weighted by Gasteiger charge is -2.54. The molecule has 1 saturated heterocycles. The molecule has 0 aromatic rings. The molecule has 0 radical (unpaired) electrons. The van der Waals surface area contributed by atoms with Gasteiger partial charge in [0.25, 0.3) is 0 Å². The molecule has 2 N–H and O–H groups in total. The molecule has 3 unspecified atom stereocenters. The zero-order valence-electron chi connectivity index (χ0n) is 12.7. The number of halogens is 1. The van der Waals surface area contributed by atoms with Crippen molar-refractivity contribution in [3.63, 3.8) is 0 Å². The van der Waals surface area contributed by atoms with E-state index < -0.39 is 0 Å². The minimum absolute atomic E-state index is 0. The van der Waals surface area contributed by atoms with Gasteiger partial charge in [0.15, 0.2) is 5.96 Å². The van der Waals surface area contributed by atoms with Crippen molar-refractivity contribution < 1.29 is 4.74 Å². The fraction of sp³-hybridized carbons (Fsp3) is 0.929. The maximum absolute atomic E-state index is 5.81. The van der Waals surface area contributed by atoms with E-state index in [1.165, 1.54) is 6.42 Å². The van der Waals surface area contributed by atoms with E-state index in [1.54, 1.807) is 0 Å². The van der Waals surface area contributed by atoms with Crippen LogP contribution < -0.4 is 10.6 Å². The normalized spacial score (nSPS) is 32.3. The molecule has 2 fully saturated rings. The van der Waals surface area contributed by atoms with Crippen LogP contribution in [0.1, 0.15) is 34.1 Å². The first kappa shape index (κ1) is 17.0. The molecule has 2 aliphatic rings. The number of nitrogens with zero attached hydrogens (tertiary/aromatic N) is 1. The second-order valence-corrected chi connectivity index (χ2v) is 6.53. The Morgan fingerprint density at radius 3 is 2.68 bits per heavy atom. The second kappa shape index (κ2) is 6.61. The summed E-state index contributed by atoms with van der Waals surface area (Å²) < 4.78 is 5.81. The maximum Gasteiger partial charge on any atom is 0.191 e. The van der Waals surface area contributed by atoms with Gasteiger partial charge >= 0.3 is 0 Å². The smallest absolute Gasteiger partial charge is 0.191 e. The van der Waals surface area contributed by atoms with Gasteiger partial charge in [0.2, 0.25) is 0 Å². The van der Waals surface area contributed by atoms with Gasteiger partial charge in [-0.3, -0.25) is 4.99 Å². The molecule has 0 bridgehead atoms. The van der Waals surface area contributed by atoms with Crippen molar-refractivity contribution in [1.82, 2.24) is 10.6 Å². The molecule has 112 valence electrons. The van der Waals surface area contributed by atoms with Crippen LogP contribution in [-0.2, 0) is 4.74 Å². The molecule has 1 heterocycles. The van der Waals surface area contributed by atoms with E-state index in [1.807, 2.05) is 7.05 Å². The summed E-state index contributed by atoms with van der Waals surface area (Å²) in [5, 5.41) is 6.96. The van der Waals surface area contributed by atoms with E-state index in [-0.39, 0.29) is 29.4 Å². The third-order valence-electron chi connectivity index (χ3n) is 4.29. The minimum atomic E-state index is 0. The van der Waals surface area contributed by atoms with E-state index in [9.17, 15) is 0 Å². The van der Waals surface area contributed by atoms with E-state index in [4.69, 9.17) is 4.74 Å². The van der Waals surface area contributed by atoms with E-state index in [2.05, 4.69) is 43.3 Å².